The predicted molar refractivity (Wildman–Crippen MR) is 95.9 cm³/mol. The van der Waals surface area contributed by atoms with Crippen molar-refractivity contribution in [3.63, 3.8) is 0 Å². The Balaban J connectivity index is 1.94. The maximum Gasteiger partial charge on any atom is 0.425 e. The number of nitrogens with zero attached hydrogens (tertiary/aromatic N) is 3. The lowest BCUT2D eigenvalue weighted by Crippen LogP contribution is -2.46. The topological polar surface area (TPSA) is 90.5 Å². The Morgan fingerprint density at radius 1 is 1.25 bits per heavy atom. The average Bonchev–Trinajstić information content (AvgIpc) is 2.69. The van der Waals surface area contributed by atoms with Crippen LogP contribution >= 0.6 is 0 Å². The Morgan fingerprint density at radius 3 is 2.50 bits per heavy atom. The molecular formula is C19H15F7N4O2. The van der Waals surface area contributed by atoms with Gasteiger partial charge in [0, 0.05) is 18.4 Å². The van der Waals surface area contributed by atoms with E-state index in [1.807, 2.05) is 0 Å². The fraction of sp³-hybridized carbons (Fsp3) is 0.368. The van der Waals surface area contributed by atoms with Gasteiger partial charge in [-0.05, 0) is 24.6 Å². The molecule has 1 aliphatic heterocycles. The van der Waals surface area contributed by atoms with Gasteiger partial charge in [-0.2, -0.15) is 13.2 Å². The number of benzene rings is 1. The van der Waals surface area contributed by atoms with Crippen LogP contribution in [0.25, 0.3) is 0 Å². The van der Waals surface area contributed by atoms with E-state index in [0.717, 1.165) is 19.2 Å². The van der Waals surface area contributed by atoms with E-state index in [2.05, 4.69) is 19.7 Å². The Bertz CT molecular complexity index is 1060. The molecule has 0 fully saturated rings. The van der Waals surface area contributed by atoms with E-state index in [4.69, 9.17) is 5.73 Å². The molecule has 0 unspecified atom stereocenters. The third-order valence-corrected chi connectivity index (χ3v) is 4.78. The Kier molecular flexibility index (Phi) is 6.11. The van der Waals surface area contributed by atoms with Crippen molar-refractivity contribution in [1.82, 2.24) is 9.97 Å². The van der Waals surface area contributed by atoms with Crippen molar-refractivity contribution in [3.05, 3.63) is 58.7 Å². The number of carbonyl (C=O) groups excluding carboxylic acids is 1. The van der Waals surface area contributed by atoms with Gasteiger partial charge in [-0.3, -0.25) is 9.78 Å². The molecule has 1 aromatic carbocycles. The molecule has 32 heavy (non-hydrogen) atoms. The number of ether oxygens (including phenoxy) is 1. The summed E-state index contributed by atoms with van der Waals surface area (Å²) in [5.41, 5.74) is 1.78. The second kappa shape index (κ2) is 8.36. The highest BCUT2D eigenvalue weighted by Crippen LogP contribution is 2.41. The number of hydrogen-bond acceptors (Lipinski definition) is 6. The summed E-state index contributed by atoms with van der Waals surface area (Å²) < 4.78 is 97.9. The molecule has 3 rings (SSSR count). The molecule has 2 heterocycles. The van der Waals surface area contributed by atoms with Crippen LogP contribution in [0.1, 0.15) is 47.1 Å². The van der Waals surface area contributed by atoms with Crippen LogP contribution in [0.15, 0.2) is 29.5 Å². The van der Waals surface area contributed by atoms with Crippen LogP contribution in [0.2, 0.25) is 0 Å². The zero-order valence-corrected chi connectivity index (χ0v) is 16.3. The van der Waals surface area contributed by atoms with E-state index >= 15 is 0 Å². The number of aliphatic imine (C=N–C) groups is 1. The fourth-order valence-corrected chi connectivity index (χ4v) is 3.23. The van der Waals surface area contributed by atoms with Gasteiger partial charge in [0.1, 0.15) is 11.4 Å². The average molecular weight is 464 g/mol. The summed E-state index contributed by atoms with van der Waals surface area (Å²) in [5.74, 6) is -3.64. The standard InChI is InChI=1S/C19H15F7N4O2/c1-18(5-14(19(24,25)26)32-17(27)30-18)9-2-8(3-10(20)15(9)21)4-13(31)11-6-29-12(7-28-11)16(22)23/h2-3,6-7,14,16H,4-5H2,1H3,(H2,27,30)/t14-,18-/m0/s1. The highest BCUT2D eigenvalue weighted by molar-refractivity contribution is 5.95. The molecule has 0 saturated carbocycles. The minimum absolute atomic E-state index is 0.103. The molecule has 6 nitrogen and oxygen atoms in total. The molecule has 13 heteroatoms. The molecule has 1 aromatic heterocycles. The van der Waals surface area contributed by atoms with Crippen LogP contribution in [0.5, 0.6) is 0 Å². The maximum atomic E-state index is 14.6. The summed E-state index contributed by atoms with van der Waals surface area (Å²) in [5, 5.41) is 0. The monoisotopic (exact) mass is 464 g/mol. The van der Waals surface area contributed by atoms with E-state index in [1.165, 1.54) is 0 Å². The molecule has 0 amide bonds. The van der Waals surface area contributed by atoms with Gasteiger partial charge in [0.05, 0.1) is 17.9 Å². The summed E-state index contributed by atoms with van der Waals surface area (Å²) in [4.78, 5) is 23.1. The smallest absolute Gasteiger partial charge is 0.425 e. The van der Waals surface area contributed by atoms with Crippen molar-refractivity contribution in [2.24, 2.45) is 10.7 Å². The lowest BCUT2D eigenvalue weighted by molar-refractivity contribution is -0.208. The van der Waals surface area contributed by atoms with Crippen molar-refractivity contribution >= 4 is 11.8 Å². The molecule has 2 aromatic rings. The number of ketones is 1. The molecule has 2 N–H and O–H groups in total. The number of aromatic nitrogens is 2. The lowest BCUT2D eigenvalue weighted by Gasteiger charge is -2.36. The highest BCUT2D eigenvalue weighted by atomic mass is 19.4. The zero-order chi connectivity index (χ0) is 23.8. The summed E-state index contributed by atoms with van der Waals surface area (Å²) in [6.07, 6.45) is -10.1. The second-order valence-electron chi connectivity index (χ2n) is 7.24. The Labute approximate surface area is 176 Å². The van der Waals surface area contributed by atoms with E-state index in [1.54, 1.807) is 0 Å². The summed E-state index contributed by atoms with van der Waals surface area (Å²) >= 11 is 0. The fourth-order valence-electron chi connectivity index (χ4n) is 3.23. The molecule has 172 valence electrons. The van der Waals surface area contributed by atoms with Gasteiger partial charge in [0.15, 0.2) is 23.5 Å². The second-order valence-corrected chi connectivity index (χ2v) is 7.24. The molecule has 0 aliphatic carbocycles. The number of Topliss-reactive ketones (excluding diaryl/α,β-unsaturated/α-hetero) is 1. The van der Waals surface area contributed by atoms with Crippen LogP contribution < -0.4 is 5.73 Å². The summed E-state index contributed by atoms with van der Waals surface area (Å²) in [7, 11) is 0. The van der Waals surface area contributed by atoms with Gasteiger partial charge in [-0.15, -0.1) is 0 Å². The SMILES string of the molecule is C[C@@]1(c2cc(CC(=O)c3cnc(C(F)F)cn3)cc(F)c2F)C[C@@H](C(F)(F)F)OC(N)=N1. The molecule has 0 saturated heterocycles. The van der Waals surface area contributed by atoms with Crippen LogP contribution in [-0.4, -0.2) is 34.1 Å². The molecule has 0 radical (unpaired) electrons. The van der Waals surface area contributed by atoms with Crippen LogP contribution in [0, 0.1) is 11.6 Å². The third-order valence-electron chi connectivity index (χ3n) is 4.78. The number of halogens is 7. The zero-order valence-electron chi connectivity index (χ0n) is 16.3. The number of alkyl halides is 5. The number of hydrogen-bond donors (Lipinski definition) is 1. The number of carbonyl (C=O) groups is 1. The largest absolute Gasteiger partial charge is 0.452 e. The summed E-state index contributed by atoms with van der Waals surface area (Å²) in [6, 6.07) is 0.832. The summed E-state index contributed by atoms with van der Waals surface area (Å²) in [6.45, 7) is 1.12. The quantitative estimate of drug-likeness (QED) is 0.534. The number of nitrogens with two attached hydrogens (primary N) is 1. The Hall–Kier alpha value is -3.25. The van der Waals surface area contributed by atoms with Crippen LogP contribution in [-0.2, 0) is 16.7 Å². The van der Waals surface area contributed by atoms with Gasteiger partial charge >= 0.3 is 6.18 Å². The van der Waals surface area contributed by atoms with E-state index < -0.39 is 71.8 Å². The number of rotatable bonds is 5. The van der Waals surface area contributed by atoms with Crippen molar-refractivity contribution in [3.8, 4) is 0 Å². The predicted octanol–water partition coefficient (Wildman–Crippen LogP) is 4.00. The molecule has 2 atom stereocenters. The van der Waals surface area contributed by atoms with Gasteiger partial charge in [0.2, 0.25) is 0 Å². The lowest BCUT2D eigenvalue weighted by atomic mass is 9.84. The third kappa shape index (κ3) is 4.81. The first-order chi connectivity index (χ1) is 14.8. The molecule has 0 bridgehead atoms. The first-order valence-corrected chi connectivity index (χ1v) is 9.00. The van der Waals surface area contributed by atoms with Crippen molar-refractivity contribution < 1.29 is 40.3 Å². The molecular weight excluding hydrogens is 449 g/mol. The molecule has 1 aliphatic rings. The minimum Gasteiger partial charge on any atom is -0.452 e. The van der Waals surface area contributed by atoms with E-state index in [-0.39, 0.29) is 11.3 Å². The van der Waals surface area contributed by atoms with Crippen molar-refractivity contribution in [1.29, 1.82) is 0 Å². The first-order valence-electron chi connectivity index (χ1n) is 9.00. The molecule has 0 spiro atoms. The van der Waals surface area contributed by atoms with Crippen LogP contribution in [0.3, 0.4) is 0 Å². The number of amidine groups is 1. The maximum absolute atomic E-state index is 14.6. The highest BCUT2D eigenvalue weighted by Gasteiger charge is 2.50. The minimum atomic E-state index is -4.84. The van der Waals surface area contributed by atoms with Crippen molar-refractivity contribution in [2.75, 3.05) is 0 Å². The van der Waals surface area contributed by atoms with Crippen LogP contribution in [0.4, 0.5) is 30.7 Å². The van der Waals surface area contributed by atoms with Crippen molar-refractivity contribution in [2.45, 2.75) is 44.0 Å². The van der Waals surface area contributed by atoms with E-state index in [9.17, 15) is 35.5 Å². The van der Waals surface area contributed by atoms with Gasteiger partial charge < -0.3 is 10.5 Å². The first kappa shape index (κ1) is 23.4. The van der Waals surface area contributed by atoms with Gasteiger partial charge in [0.25, 0.3) is 12.4 Å². The Morgan fingerprint density at radius 2 is 1.94 bits per heavy atom. The van der Waals surface area contributed by atoms with E-state index in [0.29, 0.717) is 12.3 Å². The normalized spacial score (nSPS) is 21.3. The van der Waals surface area contributed by atoms with Gasteiger partial charge in [-0.25, -0.2) is 27.5 Å². The van der Waals surface area contributed by atoms with Gasteiger partial charge in [-0.1, -0.05) is 0 Å².